The largest absolute Gasteiger partial charge is 0.416 e. The molecule has 3 aromatic rings. The molecule has 0 amide bonds. The molecule has 0 spiro atoms. The molecule has 4 nitrogen and oxygen atoms in total. The second-order valence-corrected chi connectivity index (χ2v) is 4.86. The monoisotopic (exact) mass is 304 g/mol. The Labute approximate surface area is 124 Å². The smallest absolute Gasteiger partial charge is 0.246 e. The first-order valence-electron chi connectivity index (χ1n) is 6.50. The highest BCUT2D eigenvalue weighted by molar-refractivity contribution is 5.86. The fraction of sp³-hybridized carbons (Fsp3) is 0.200. The van der Waals surface area contributed by atoms with Crippen LogP contribution in [0.3, 0.4) is 0 Å². The molecule has 0 atom stereocenters. The molecule has 7 heteroatoms. The highest BCUT2D eigenvalue weighted by atomic mass is 19.4. The van der Waals surface area contributed by atoms with Crippen LogP contribution < -0.4 is 0 Å². The Kier molecular flexibility index (Phi) is 3.27. The van der Waals surface area contributed by atoms with Gasteiger partial charge in [0, 0.05) is 5.56 Å². The number of fused-ring (bicyclic) bond motifs is 1. The van der Waals surface area contributed by atoms with Gasteiger partial charge in [-0.25, -0.2) is 19.9 Å². The number of hydrogen-bond acceptors (Lipinski definition) is 4. The van der Waals surface area contributed by atoms with Crippen molar-refractivity contribution in [2.75, 3.05) is 0 Å². The molecule has 0 aliphatic carbocycles. The first-order valence-corrected chi connectivity index (χ1v) is 6.50. The Balaban J connectivity index is 2.16. The van der Waals surface area contributed by atoms with E-state index in [1.807, 2.05) is 13.8 Å². The lowest BCUT2D eigenvalue weighted by Crippen LogP contribution is -2.04. The summed E-state index contributed by atoms with van der Waals surface area (Å²) in [5, 5.41) is 0. The van der Waals surface area contributed by atoms with Crippen LogP contribution in [0.5, 0.6) is 0 Å². The topological polar surface area (TPSA) is 51.6 Å². The lowest BCUT2D eigenvalue weighted by atomic mass is 10.1. The van der Waals surface area contributed by atoms with E-state index < -0.39 is 11.7 Å². The summed E-state index contributed by atoms with van der Waals surface area (Å²) in [5.41, 5.74) is 2.69. The lowest BCUT2D eigenvalue weighted by Gasteiger charge is -2.09. The SMILES string of the molecule is Cc1nc2ncnc(-c3ccc(C(F)(F)F)cc3)c2nc1C. The van der Waals surface area contributed by atoms with Crippen molar-refractivity contribution in [3.8, 4) is 11.3 Å². The Morgan fingerprint density at radius 1 is 0.864 bits per heavy atom. The minimum absolute atomic E-state index is 0.424. The van der Waals surface area contributed by atoms with Crippen molar-refractivity contribution in [2.45, 2.75) is 20.0 Å². The van der Waals surface area contributed by atoms with Crippen LogP contribution in [0, 0.1) is 13.8 Å². The van der Waals surface area contributed by atoms with Crippen LogP contribution in [0.25, 0.3) is 22.4 Å². The summed E-state index contributed by atoms with van der Waals surface area (Å²) in [6.45, 7) is 3.63. The van der Waals surface area contributed by atoms with E-state index in [1.54, 1.807) is 0 Å². The fourth-order valence-electron chi connectivity index (χ4n) is 2.07. The number of aromatic nitrogens is 4. The fourth-order valence-corrected chi connectivity index (χ4v) is 2.07. The standard InChI is InChI=1S/C15H11F3N4/c1-8-9(2)22-14-13(21-8)12(19-7-20-14)10-3-5-11(6-4-10)15(16,17)18/h3-7H,1-2H3. The van der Waals surface area contributed by atoms with Gasteiger partial charge >= 0.3 is 6.18 Å². The molecule has 2 heterocycles. The minimum Gasteiger partial charge on any atom is -0.246 e. The third-order valence-electron chi connectivity index (χ3n) is 3.37. The number of aryl methyl sites for hydroxylation is 2. The summed E-state index contributed by atoms with van der Waals surface area (Å²) in [6, 6.07) is 4.80. The average molecular weight is 304 g/mol. The molecule has 0 unspecified atom stereocenters. The Bertz CT molecular complexity index is 842. The van der Waals surface area contributed by atoms with Crippen LogP contribution in [0.4, 0.5) is 13.2 Å². The second-order valence-electron chi connectivity index (χ2n) is 4.86. The van der Waals surface area contributed by atoms with Gasteiger partial charge < -0.3 is 0 Å². The van der Waals surface area contributed by atoms with E-state index in [1.165, 1.54) is 18.5 Å². The summed E-state index contributed by atoms with van der Waals surface area (Å²) in [5.74, 6) is 0. The van der Waals surface area contributed by atoms with E-state index in [9.17, 15) is 13.2 Å². The molecule has 0 radical (unpaired) electrons. The molecule has 22 heavy (non-hydrogen) atoms. The first-order chi connectivity index (χ1) is 10.4. The molecule has 3 rings (SSSR count). The molecule has 0 saturated carbocycles. The van der Waals surface area contributed by atoms with Crippen LogP contribution in [0.2, 0.25) is 0 Å². The lowest BCUT2D eigenvalue weighted by molar-refractivity contribution is -0.137. The summed E-state index contributed by atoms with van der Waals surface area (Å²) in [6.07, 6.45) is -3.03. The highest BCUT2D eigenvalue weighted by Gasteiger charge is 2.30. The van der Waals surface area contributed by atoms with Gasteiger partial charge in [-0.1, -0.05) is 12.1 Å². The van der Waals surface area contributed by atoms with Gasteiger partial charge in [0.25, 0.3) is 0 Å². The molecule has 0 saturated heterocycles. The van der Waals surface area contributed by atoms with Gasteiger partial charge in [-0.15, -0.1) is 0 Å². The van der Waals surface area contributed by atoms with Gasteiger partial charge in [0.2, 0.25) is 0 Å². The second kappa shape index (κ2) is 5.01. The number of halogens is 3. The van der Waals surface area contributed by atoms with Crippen LogP contribution >= 0.6 is 0 Å². The quantitative estimate of drug-likeness (QED) is 0.687. The van der Waals surface area contributed by atoms with E-state index in [-0.39, 0.29) is 0 Å². The van der Waals surface area contributed by atoms with Gasteiger partial charge in [-0.3, -0.25) is 0 Å². The Morgan fingerprint density at radius 2 is 1.50 bits per heavy atom. The molecule has 0 aliphatic heterocycles. The summed E-state index contributed by atoms with van der Waals surface area (Å²) in [7, 11) is 0. The van der Waals surface area contributed by atoms with Gasteiger partial charge in [0.1, 0.15) is 17.5 Å². The zero-order valence-electron chi connectivity index (χ0n) is 11.8. The average Bonchev–Trinajstić information content (AvgIpc) is 2.47. The number of benzene rings is 1. The van der Waals surface area contributed by atoms with Crippen molar-refractivity contribution in [3.63, 3.8) is 0 Å². The molecule has 0 N–H and O–H groups in total. The number of rotatable bonds is 1. The van der Waals surface area contributed by atoms with E-state index in [4.69, 9.17) is 0 Å². The maximum atomic E-state index is 12.6. The first kappa shape index (κ1) is 14.4. The third kappa shape index (κ3) is 2.49. The third-order valence-corrected chi connectivity index (χ3v) is 3.37. The molecule has 0 fully saturated rings. The predicted octanol–water partition coefficient (Wildman–Crippen LogP) is 3.72. The Morgan fingerprint density at radius 3 is 2.14 bits per heavy atom. The number of alkyl halides is 3. The summed E-state index contributed by atoms with van der Waals surface area (Å²) >= 11 is 0. The van der Waals surface area contributed by atoms with Crippen molar-refractivity contribution in [1.82, 2.24) is 19.9 Å². The normalized spacial score (nSPS) is 11.9. The van der Waals surface area contributed by atoms with Crippen LogP contribution in [-0.4, -0.2) is 19.9 Å². The number of nitrogens with zero attached hydrogens (tertiary/aromatic N) is 4. The van der Waals surface area contributed by atoms with Gasteiger partial charge in [-0.05, 0) is 26.0 Å². The van der Waals surface area contributed by atoms with Gasteiger partial charge in [0.15, 0.2) is 5.65 Å². The van der Waals surface area contributed by atoms with Crippen LogP contribution in [0.1, 0.15) is 17.0 Å². The molecule has 0 aliphatic rings. The molecule has 2 aromatic heterocycles. The van der Waals surface area contributed by atoms with Crippen molar-refractivity contribution in [3.05, 3.63) is 47.5 Å². The van der Waals surface area contributed by atoms with Crippen molar-refractivity contribution >= 4 is 11.2 Å². The molecule has 1 aromatic carbocycles. The van der Waals surface area contributed by atoms with Crippen molar-refractivity contribution in [2.24, 2.45) is 0 Å². The summed E-state index contributed by atoms with van der Waals surface area (Å²) < 4.78 is 37.9. The maximum absolute atomic E-state index is 12.6. The molecular formula is C15H11F3N4. The summed E-state index contributed by atoms with van der Waals surface area (Å²) in [4.78, 5) is 16.9. The zero-order chi connectivity index (χ0) is 15.9. The highest BCUT2D eigenvalue weighted by Crippen LogP contribution is 2.31. The van der Waals surface area contributed by atoms with Crippen molar-refractivity contribution < 1.29 is 13.2 Å². The minimum atomic E-state index is -4.36. The van der Waals surface area contributed by atoms with Crippen LogP contribution in [0.15, 0.2) is 30.6 Å². The van der Waals surface area contributed by atoms with E-state index >= 15 is 0 Å². The van der Waals surface area contributed by atoms with E-state index in [0.717, 1.165) is 23.5 Å². The van der Waals surface area contributed by atoms with E-state index in [0.29, 0.717) is 22.4 Å². The zero-order valence-corrected chi connectivity index (χ0v) is 11.8. The molecule has 0 bridgehead atoms. The van der Waals surface area contributed by atoms with Crippen molar-refractivity contribution in [1.29, 1.82) is 0 Å². The number of hydrogen-bond donors (Lipinski definition) is 0. The van der Waals surface area contributed by atoms with Crippen LogP contribution in [-0.2, 0) is 6.18 Å². The van der Waals surface area contributed by atoms with E-state index in [2.05, 4.69) is 19.9 Å². The van der Waals surface area contributed by atoms with Gasteiger partial charge in [-0.2, -0.15) is 13.2 Å². The molecule has 112 valence electrons. The molecular weight excluding hydrogens is 293 g/mol. The Hall–Kier alpha value is -2.57. The van der Waals surface area contributed by atoms with Gasteiger partial charge in [0.05, 0.1) is 17.0 Å². The predicted molar refractivity (Wildman–Crippen MR) is 75.0 cm³/mol. The maximum Gasteiger partial charge on any atom is 0.416 e.